The van der Waals surface area contributed by atoms with Crippen LogP contribution in [0.25, 0.3) is 5.70 Å². The molecular formula is C54H64F10N10O8. The Morgan fingerprint density at radius 3 is 1.88 bits per heavy atom. The number of hydrogen-bond donors (Lipinski definition) is 6. The van der Waals surface area contributed by atoms with E-state index in [2.05, 4.69) is 46.4 Å². The molecule has 3 fully saturated rings. The molecule has 7 atom stereocenters. The Labute approximate surface area is 466 Å². The van der Waals surface area contributed by atoms with Crippen molar-refractivity contribution < 1.29 is 82.4 Å². The summed E-state index contributed by atoms with van der Waals surface area (Å²) in [6.07, 6.45) is -9.81. The van der Waals surface area contributed by atoms with E-state index in [0.717, 1.165) is 71.7 Å². The molecule has 1 aromatic heterocycles. The Balaban J connectivity index is 1.31. The SMILES string of the molecule is COC(=O)N[C@H](C(=O)N[C@@H](Cc1ccc(C#Cc2ccc(N3CC4CCC(C3)N4[C@@H]3CCOC3)nc2)cc1)[C@@H](O)CN(Cc1c(F)cc(C(N)=CC=NC(F)F)cc1F)NC(=O)[C@@H](NC(=O)OC)C(C)(C)C(F)(F)F)C(C)(C)C(F)(F)F. The zero-order chi connectivity index (χ0) is 60.5. The first-order valence-electron chi connectivity index (χ1n) is 25.7. The van der Waals surface area contributed by atoms with E-state index >= 15 is 8.78 Å². The quantitative estimate of drug-likeness (QED) is 0.0239. The van der Waals surface area contributed by atoms with Crippen LogP contribution in [0.3, 0.4) is 0 Å². The van der Waals surface area contributed by atoms with Crippen LogP contribution in [0.4, 0.5) is 59.3 Å². The van der Waals surface area contributed by atoms with Gasteiger partial charge in [-0.15, -0.1) is 0 Å². The molecule has 7 N–H and O–H groups in total. The molecule has 4 heterocycles. The molecule has 0 aliphatic carbocycles. The first-order chi connectivity index (χ1) is 38.4. The van der Waals surface area contributed by atoms with E-state index < -0.39 is 126 Å². The smallest absolute Gasteiger partial charge is 0.407 e. The highest BCUT2D eigenvalue weighted by Gasteiger charge is 2.57. The van der Waals surface area contributed by atoms with Crippen molar-refractivity contribution in [3.63, 3.8) is 0 Å². The molecule has 2 aromatic carbocycles. The fraction of sp³-hybridized carbons (Fsp3) is 0.519. The van der Waals surface area contributed by atoms with E-state index in [-0.39, 0.29) is 5.56 Å². The number of aromatic nitrogens is 1. The molecule has 2 unspecified atom stereocenters. The van der Waals surface area contributed by atoms with Crippen LogP contribution in [0.5, 0.6) is 0 Å². The minimum atomic E-state index is -5.23. The summed E-state index contributed by atoms with van der Waals surface area (Å²) < 4.78 is 159. The summed E-state index contributed by atoms with van der Waals surface area (Å²) >= 11 is 0. The summed E-state index contributed by atoms with van der Waals surface area (Å²) in [5, 5.41) is 18.5. The Hall–Kier alpha value is -7.22. The summed E-state index contributed by atoms with van der Waals surface area (Å²) in [7, 11) is 1.60. The Morgan fingerprint density at radius 2 is 1.38 bits per heavy atom. The average Bonchev–Trinajstić information content (AvgIpc) is 3.31. The average molecular weight is 1170 g/mol. The molecule has 0 spiro atoms. The van der Waals surface area contributed by atoms with Crippen molar-refractivity contribution in [1.82, 2.24) is 36.3 Å². The normalized spacial score (nSPS) is 19.5. The number of rotatable bonds is 20. The zero-order valence-electron chi connectivity index (χ0n) is 45.4. The van der Waals surface area contributed by atoms with Gasteiger partial charge in [0.25, 0.3) is 5.91 Å². The van der Waals surface area contributed by atoms with Gasteiger partial charge in [-0.2, -0.15) is 35.1 Å². The number of hydrogen-bond acceptors (Lipinski definition) is 14. The second-order valence-electron chi connectivity index (χ2n) is 21.0. The van der Waals surface area contributed by atoms with Crippen LogP contribution in [0.2, 0.25) is 0 Å². The molecule has 2 bridgehead atoms. The molecule has 4 amide bonds. The lowest BCUT2D eigenvalue weighted by Gasteiger charge is -2.44. The van der Waals surface area contributed by atoms with Gasteiger partial charge in [-0.25, -0.2) is 33.4 Å². The van der Waals surface area contributed by atoms with Crippen molar-refractivity contribution in [3.8, 4) is 11.8 Å². The van der Waals surface area contributed by atoms with Crippen molar-refractivity contribution in [3.05, 3.63) is 100 Å². The Kier molecular flexibility index (Phi) is 20.9. The number of benzene rings is 2. The van der Waals surface area contributed by atoms with E-state index in [1.807, 2.05) is 22.9 Å². The molecule has 6 rings (SSSR count). The third kappa shape index (κ3) is 15.9. The molecule has 28 heteroatoms. The predicted octanol–water partition coefficient (Wildman–Crippen LogP) is 6.34. The van der Waals surface area contributed by atoms with Gasteiger partial charge in [0.2, 0.25) is 5.91 Å². The molecule has 3 aromatic rings. The highest BCUT2D eigenvalue weighted by Crippen LogP contribution is 2.42. The third-order valence-electron chi connectivity index (χ3n) is 14.8. The Morgan fingerprint density at radius 1 is 0.829 bits per heavy atom. The number of amides is 4. The number of anilines is 1. The van der Waals surface area contributed by atoms with Crippen molar-refractivity contribution in [2.45, 2.75) is 121 Å². The first-order valence-corrected chi connectivity index (χ1v) is 25.7. The standard InChI is InChI=1S/C54H64F10N10O8/c1-51(2,53(59,60)61)44(69-49(78)80-5)46(76)68-41(21-31-10-7-30(8-11-31)9-12-32-13-16-43(67-24-32)72-25-34-14-15-35(26-72)74(34)36-18-20-82-29-36)42(75)28-73(71-47(77)45(70-50(79)81-6)52(3,4)54(62,63)64)27-37-38(55)22-33(23-39(37)56)40(65)17-19-66-48(57)58/h7-8,10-11,13,16-17,19,22-24,34-36,41-42,44-45,48,75H,14-15,18,20-21,25-29,65H2,1-6H3,(H,68,76)(H,69,78)(H,70,79)(H,71,77)/t34?,35?,36-,41+,42+,44-,45-/m1/s1. The van der Waals surface area contributed by atoms with E-state index in [9.17, 15) is 59.4 Å². The van der Waals surface area contributed by atoms with E-state index in [1.54, 1.807) is 23.6 Å². The maximum Gasteiger partial charge on any atom is 0.407 e. The van der Waals surface area contributed by atoms with Crippen molar-refractivity contribution in [2.75, 3.05) is 52.0 Å². The van der Waals surface area contributed by atoms with Crippen LogP contribution in [0.15, 0.2) is 65.8 Å². The van der Waals surface area contributed by atoms with Crippen LogP contribution in [-0.2, 0) is 36.8 Å². The number of alkyl halides is 8. The lowest BCUT2D eigenvalue weighted by molar-refractivity contribution is -0.221. The summed E-state index contributed by atoms with van der Waals surface area (Å²) in [4.78, 5) is 65.2. The molecule has 3 aliphatic heterocycles. The third-order valence-corrected chi connectivity index (χ3v) is 14.8. The molecule has 448 valence electrons. The number of piperazine rings is 1. The van der Waals surface area contributed by atoms with E-state index in [4.69, 9.17) is 10.5 Å². The number of aliphatic imine (C=N–C) groups is 1. The molecule has 0 saturated carbocycles. The number of nitrogens with zero attached hydrogens (tertiary/aromatic N) is 5. The topological polar surface area (TPSA) is 225 Å². The van der Waals surface area contributed by atoms with Gasteiger partial charge < -0.3 is 45.9 Å². The van der Waals surface area contributed by atoms with Gasteiger partial charge >= 0.3 is 31.1 Å². The lowest BCUT2D eigenvalue weighted by atomic mass is 9.82. The number of nitrogens with two attached hydrogens (primary N) is 1. The lowest BCUT2D eigenvalue weighted by Crippen LogP contribution is -2.63. The van der Waals surface area contributed by atoms with Gasteiger partial charge in [0.15, 0.2) is 0 Å². The number of hydrazine groups is 1. The second kappa shape index (κ2) is 26.8. The maximum absolute atomic E-state index is 16.0. The minimum absolute atomic E-state index is 0.268. The molecule has 0 radical (unpaired) electrons. The minimum Gasteiger partial charge on any atom is -0.453 e. The van der Waals surface area contributed by atoms with Gasteiger partial charge in [-0.05, 0) is 101 Å². The van der Waals surface area contributed by atoms with Gasteiger partial charge in [0.05, 0.1) is 43.8 Å². The highest BCUT2D eigenvalue weighted by molar-refractivity contribution is 5.87. The number of allylic oxidation sites excluding steroid dienone is 1. The number of nitrogens with one attached hydrogen (secondary N) is 4. The number of methoxy groups -OCH3 is 2. The monoisotopic (exact) mass is 1170 g/mol. The van der Waals surface area contributed by atoms with E-state index in [1.165, 1.54) is 12.1 Å². The van der Waals surface area contributed by atoms with E-state index in [0.29, 0.717) is 80.3 Å². The van der Waals surface area contributed by atoms with Gasteiger partial charge in [0, 0.05) is 91.3 Å². The number of alkyl carbamates (subject to hydrolysis) is 2. The number of aliphatic hydroxyl groups excluding tert-OH is 1. The second-order valence-corrected chi connectivity index (χ2v) is 21.0. The molecular weight excluding hydrogens is 1110 g/mol. The summed E-state index contributed by atoms with van der Waals surface area (Å²) in [6, 6.07) is 5.47. The summed E-state index contributed by atoms with van der Waals surface area (Å²) in [6.45, 7) is -0.00134. The molecule has 82 heavy (non-hydrogen) atoms. The largest absolute Gasteiger partial charge is 0.453 e. The number of carbonyl (C=O) groups is 4. The number of halogens is 10. The van der Waals surface area contributed by atoms with Gasteiger partial charge in [-0.3, -0.25) is 19.9 Å². The number of pyridine rings is 1. The summed E-state index contributed by atoms with van der Waals surface area (Å²) in [5.41, 5.74) is 1.16. The van der Waals surface area contributed by atoms with Gasteiger partial charge in [-0.1, -0.05) is 24.0 Å². The van der Waals surface area contributed by atoms with Crippen LogP contribution in [0, 0.1) is 34.3 Å². The van der Waals surface area contributed by atoms with Crippen LogP contribution >= 0.6 is 0 Å². The highest BCUT2D eigenvalue weighted by atomic mass is 19.4. The van der Waals surface area contributed by atoms with Crippen LogP contribution in [-0.4, -0.2) is 159 Å². The van der Waals surface area contributed by atoms with Crippen molar-refractivity contribution >= 4 is 41.7 Å². The van der Waals surface area contributed by atoms with Gasteiger partial charge in [0.1, 0.15) is 29.5 Å². The van der Waals surface area contributed by atoms with Crippen LogP contribution < -0.4 is 32.0 Å². The fourth-order valence-corrected chi connectivity index (χ4v) is 9.74. The summed E-state index contributed by atoms with van der Waals surface area (Å²) in [5.74, 6) is 0.745. The fourth-order valence-electron chi connectivity index (χ4n) is 9.74. The maximum atomic E-state index is 16.0. The molecule has 3 saturated heterocycles. The Bertz CT molecular complexity index is 2820. The molecule has 18 nitrogen and oxygen atoms in total. The number of ether oxygens (including phenoxy) is 3. The number of carbonyl (C=O) groups excluding carboxylic acids is 4. The molecule has 3 aliphatic rings. The number of aliphatic hydroxyl groups is 1. The first kappa shape index (κ1) is 64.0. The number of fused-ring (bicyclic) bond motifs is 2. The van der Waals surface area contributed by atoms with Crippen molar-refractivity contribution in [1.29, 1.82) is 0 Å². The van der Waals surface area contributed by atoms with Crippen LogP contribution in [0.1, 0.15) is 74.8 Å². The zero-order valence-corrected chi connectivity index (χ0v) is 45.4. The predicted molar refractivity (Wildman–Crippen MR) is 278 cm³/mol. The van der Waals surface area contributed by atoms with Crippen molar-refractivity contribution in [2.24, 2.45) is 21.6 Å².